The van der Waals surface area contributed by atoms with Gasteiger partial charge in [-0.3, -0.25) is 9.36 Å². The van der Waals surface area contributed by atoms with Crippen LogP contribution in [0.1, 0.15) is 53.6 Å². The molecule has 36 heavy (non-hydrogen) atoms. The number of pyridine rings is 1. The number of carbonyl (C=O) groups is 1. The average Bonchev–Trinajstić information content (AvgIpc) is 3.27. The maximum Gasteiger partial charge on any atom is 0.254 e. The summed E-state index contributed by atoms with van der Waals surface area (Å²) in [6.45, 7) is 4.13. The van der Waals surface area contributed by atoms with Crippen molar-refractivity contribution in [3.63, 3.8) is 0 Å². The summed E-state index contributed by atoms with van der Waals surface area (Å²) < 4.78 is 1.99. The third-order valence-electron chi connectivity index (χ3n) is 7.47. The molecule has 4 heterocycles. The minimum Gasteiger partial charge on any atom is -0.352 e. The van der Waals surface area contributed by atoms with Crippen LogP contribution in [0.25, 0.3) is 16.9 Å². The molecule has 6 rings (SSSR count). The van der Waals surface area contributed by atoms with E-state index in [-0.39, 0.29) is 11.9 Å². The first kappa shape index (κ1) is 22.2. The molecule has 1 unspecified atom stereocenters. The SMILES string of the molecule is CC1CN(c2ncnc3c2c(C2CCC2)cn3-c2cc(C#N)ccn2)CCN1C(=O)c1ccccc1. The first-order valence-corrected chi connectivity index (χ1v) is 12.5. The average molecular weight is 478 g/mol. The lowest BCUT2D eigenvalue weighted by Crippen LogP contribution is -2.54. The third-order valence-corrected chi connectivity index (χ3v) is 7.47. The highest BCUT2D eigenvalue weighted by Gasteiger charge is 2.32. The number of benzene rings is 1. The van der Waals surface area contributed by atoms with Crippen molar-refractivity contribution in [2.75, 3.05) is 24.5 Å². The standard InChI is InChI=1S/C28H27N7O/c1-19-16-33(12-13-34(19)28(36)22-6-3-2-4-7-22)26-25-23(21-8-5-9-21)17-35(27(25)32-18-31-26)24-14-20(15-29)10-11-30-24/h2-4,6-7,10-11,14,17-19,21H,5,8-9,12-13,16H2,1H3. The number of anilines is 1. The summed E-state index contributed by atoms with van der Waals surface area (Å²) in [7, 11) is 0. The van der Waals surface area contributed by atoms with Crippen LogP contribution < -0.4 is 4.90 Å². The largest absolute Gasteiger partial charge is 0.352 e. The summed E-state index contributed by atoms with van der Waals surface area (Å²) in [5.41, 5.74) is 3.33. The van der Waals surface area contributed by atoms with Crippen molar-refractivity contribution in [2.24, 2.45) is 0 Å². The van der Waals surface area contributed by atoms with Crippen LogP contribution in [0.15, 0.2) is 61.2 Å². The highest BCUT2D eigenvalue weighted by molar-refractivity contribution is 5.95. The van der Waals surface area contributed by atoms with E-state index in [1.54, 1.807) is 24.7 Å². The van der Waals surface area contributed by atoms with E-state index in [2.05, 4.69) is 34.1 Å². The van der Waals surface area contributed by atoms with E-state index in [1.165, 1.54) is 12.0 Å². The molecule has 4 aromatic rings. The van der Waals surface area contributed by atoms with Crippen LogP contribution in [0, 0.1) is 11.3 Å². The molecule has 2 fully saturated rings. The maximum absolute atomic E-state index is 13.1. The fraction of sp³-hybridized carbons (Fsp3) is 0.321. The van der Waals surface area contributed by atoms with Gasteiger partial charge in [0.2, 0.25) is 0 Å². The predicted octanol–water partition coefficient (Wildman–Crippen LogP) is 4.31. The Morgan fingerprint density at radius 3 is 2.64 bits per heavy atom. The minimum atomic E-state index is 0.0414. The van der Waals surface area contributed by atoms with Crippen LogP contribution in [-0.4, -0.2) is 56.0 Å². The third kappa shape index (κ3) is 3.77. The monoisotopic (exact) mass is 477 g/mol. The van der Waals surface area contributed by atoms with Gasteiger partial charge >= 0.3 is 0 Å². The minimum absolute atomic E-state index is 0.0414. The number of hydrogen-bond donors (Lipinski definition) is 0. The Morgan fingerprint density at radius 2 is 1.92 bits per heavy atom. The second-order valence-corrected chi connectivity index (χ2v) is 9.65. The fourth-order valence-electron chi connectivity index (χ4n) is 5.33. The van der Waals surface area contributed by atoms with Gasteiger partial charge in [-0.1, -0.05) is 24.6 Å². The van der Waals surface area contributed by atoms with Crippen LogP contribution in [0.4, 0.5) is 5.82 Å². The Labute approximate surface area is 209 Å². The number of piperazine rings is 1. The summed E-state index contributed by atoms with van der Waals surface area (Å²) in [5.74, 6) is 2.13. The van der Waals surface area contributed by atoms with E-state index in [4.69, 9.17) is 4.98 Å². The molecule has 8 nitrogen and oxygen atoms in total. The smallest absolute Gasteiger partial charge is 0.254 e. The van der Waals surface area contributed by atoms with Gasteiger partial charge in [0, 0.05) is 43.6 Å². The van der Waals surface area contributed by atoms with Crippen molar-refractivity contribution in [2.45, 2.75) is 38.1 Å². The number of amides is 1. The van der Waals surface area contributed by atoms with Gasteiger partial charge in [0.25, 0.3) is 5.91 Å². The number of carbonyl (C=O) groups excluding carboxylic acids is 1. The molecule has 3 aromatic heterocycles. The zero-order chi connectivity index (χ0) is 24.6. The Hall–Kier alpha value is -4.25. The molecule has 1 aliphatic heterocycles. The zero-order valence-corrected chi connectivity index (χ0v) is 20.2. The lowest BCUT2D eigenvalue weighted by atomic mass is 9.80. The molecule has 1 atom stereocenters. The van der Waals surface area contributed by atoms with Crippen LogP contribution in [-0.2, 0) is 0 Å². The van der Waals surface area contributed by atoms with Crippen molar-refractivity contribution in [3.8, 4) is 11.9 Å². The highest BCUT2D eigenvalue weighted by atomic mass is 16.2. The summed E-state index contributed by atoms with van der Waals surface area (Å²) in [4.78, 5) is 31.3. The Morgan fingerprint density at radius 1 is 1.08 bits per heavy atom. The van der Waals surface area contributed by atoms with E-state index in [1.807, 2.05) is 39.8 Å². The van der Waals surface area contributed by atoms with Crippen LogP contribution in [0.3, 0.4) is 0 Å². The van der Waals surface area contributed by atoms with Gasteiger partial charge in [-0.05, 0) is 55.5 Å². The van der Waals surface area contributed by atoms with E-state index in [9.17, 15) is 10.1 Å². The molecule has 0 bridgehead atoms. The van der Waals surface area contributed by atoms with Crippen LogP contribution in [0.2, 0.25) is 0 Å². The molecular weight excluding hydrogens is 450 g/mol. The lowest BCUT2D eigenvalue weighted by Gasteiger charge is -2.40. The Balaban J connectivity index is 1.37. The molecule has 1 aromatic carbocycles. The zero-order valence-electron chi connectivity index (χ0n) is 20.2. The van der Waals surface area contributed by atoms with Gasteiger partial charge in [-0.25, -0.2) is 15.0 Å². The van der Waals surface area contributed by atoms with E-state index < -0.39 is 0 Å². The number of nitrogens with zero attached hydrogens (tertiary/aromatic N) is 7. The summed E-state index contributed by atoms with van der Waals surface area (Å²) >= 11 is 0. The molecule has 1 aliphatic carbocycles. The molecule has 1 saturated heterocycles. The quantitative estimate of drug-likeness (QED) is 0.435. The normalized spacial score (nSPS) is 18.2. The van der Waals surface area contributed by atoms with Gasteiger partial charge in [-0.15, -0.1) is 0 Å². The van der Waals surface area contributed by atoms with Gasteiger partial charge in [0.15, 0.2) is 5.65 Å². The Bertz CT molecular complexity index is 1470. The van der Waals surface area contributed by atoms with E-state index >= 15 is 0 Å². The van der Waals surface area contributed by atoms with Crippen molar-refractivity contribution < 1.29 is 4.79 Å². The first-order chi connectivity index (χ1) is 17.6. The van der Waals surface area contributed by atoms with Gasteiger partial charge < -0.3 is 9.80 Å². The highest BCUT2D eigenvalue weighted by Crippen LogP contribution is 2.43. The molecule has 8 heteroatoms. The molecule has 1 amide bonds. The first-order valence-electron chi connectivity index (χ1n) is 12.5. The van der Waals surface area contributed by atoms with E-state index in [0.29, 0.717) is 36.9 Å². The molecule has 180 valence electrons. The van der Waals surface area contributed by atoms with Crippen molar-refractivity contribution in [1.29, 1.82) is 5.26 Å². The topological polar surface area (TPSA) is 90.9 Å². The molecule has 0 N–H and O–H groups in total. The summed E-state index contributed by atoms with van der Waals surface area (Å²) in [6, 6.07) is 15.2. The number of fused-ring (bicyclic) bond motifs is 1. The van der Waals surface area contributed by atoms with Crippen molar-refractivity contribution in [1.82, 2.24) is 24.4 Å². The summed E-state index contributed by atoms with van der Waals surface area (Å²) in [5, 5.41) is 10.4. The van der Waals surface area contributed by atoms with Crippen molar-refractivity contribution in [3.05, 3.63) is 77.9 Å². The number of hydrogen-bond acceptors (Lipinski definition) is 6. The lowest BCUT2D eigenvalue weighted by molar-refractivity contribution is 0.0674. The molecular formula is C28H27N7O. The number of rotatable bonds is 4. The van der Waals surface area contributed by atoms with E-state index in [0.717, 1.165) is 35.3 Å². The number of aromatic nitrogens is 4. The fourth-order valence-corrected chi connectivity index (χ4v) is 5.33. The molecule has 2 aliphatic rings. The summed E-state index contributed by atoms with van der Waals surface area (Å²) in [6.07, 6.45) is 8.92. The van der Waals surface area contributed by atoms with Gasteiger partial charge in [-0.2, -0.15) is 5.26 Å². The maximum atomic E-state index is 13.1. The molecule has 1 saturated carbocycles. The molecule has 0 spiro atoms. The predicted molar refractivity (Wildman–Crippen MR) is 137 cm³/mol. The van der Waals surface area contributed by atoms with Crippen molar-refractivity contribution >= 4 is 22.8 Å². The number of nitriles is 1. The van der Waals surface area contributed by atoms with Crippen LogP contribution in [0.5, 0.6) is 0 Å². The van der Waals surface area contributed by atoms with Gasteiger partial charge in [0.05, 0.1) is 17.0 Å². The van der Waals surface area contributed by atoms with Gasteiger partial charge in [0.1, 0.15) is 18.0 Å². The Kier molecular flexibility index (Phi) is 5.61. The molecule has 0 radical (unpaired) electrons. The second-order valence-electron chi connectivity index (χ2n) is 9.65. The second kappa shape index (κ2) is 9.08. The van der Waals surface area contributed by atoms with Crippen LogP contribution >= 0.6 is 0 Å².